The second kappa shape index (κ2) is 10.4. The van der Waals surface area contributed by atoms with Crippen LogP contribution in [0, 0.1) is 0 Å². The molecule has 2 amide bonds. The number of hydrogen-bond acceptors (Lipinski definition) is 6. The number of benzene rings is 2. The first kappa shape index (κ1) is 21.3. The third-order valence-corrected chi connectivity index (χ3v) is 4.35. The largest absolute Gasteiger partial charge is 0.491 e. The summed E-state index contributed by atoms with van der Waals surface area (Å²) in [6.45, 7) is 2.22. The third-order valence-electron chi connectivity index (χ3n) is 4.35. The summed E-state index contributed by atoms with van der Waals surface area (Å²) in [6.07, 6.45) is 2.16. The van der Waals surface area contributed by atoms with Crippen molar-refractivity contribution >= 4 is 29.2 Å². The predicted molar refractivity (Wildman–Crippen MR) is 111 cm³/mol. The number of nitrogens with one attached hydrogen (secondary N) is 2. The van der Waals surface area contributed by atoms with Crippen molar-refractivity contribution in [3.8, 4) is 5.75 Å². The lowest BCUT2D eigenvalue weighted by atomic mass is 10.2. The van der Waals surface area contributed by atoms with E-state index in [0.717, 1.165) is 19.4 Å². The van der Waals surface area contributed by atoms with Crippen molar-refractivity contribution in [2.24, 2.45) is 0 Å². The molecule has 1 saturated heterocycles. The minimum absolute atomic E-state index is 0.118. The van der Waals surface area contributed by atoms with Crippen LogP contribution in [-0.2, 0) is 19.1 Å². The van der Waals surface area contributed by atoms with Crippen LogP contribution in [0.3, 0.4) is 0 Å². The summed E-state index contributed by atoms with van der Waals surface area (Å²) < 4.78 is 16.2. The number of amides is 2. The normalized spacial score (nSPS) is 15.3. The summed E-state index contributed by atoms with van der Waals surface area (Å²) in [4.78, 5) is 35.3. The fourth-order valence-corrected chi connectivity index (χ4v) is 2.94. The average molecular weight is 412 g/mol. The number of carbonyl (C=O) groups excluding carboxylic acids is 3. The van der Waals surface area contributed by atoms with Crippen LogP contribution in [0.2, 0.25) is 0 Å². The maximum absolute atomic E-state index is 12.1. The van der Waals surface area contributed by atoms with Gasteiger partial charge in [0.05, 0.1) is 11.7 Å². The fraction of sp³-hybridized carbons (Fsp3) is 0.318. The Kier molecular flexibility index (Phi) is 7.40. The summed E-state index contributed by atoms with van der Waals surface area (Å²) >= 11 is 0. The molecule has 1 atom stereocenters. The molecule has 1 fully saturated rings. The van der Waals surface area contributed by atoms with Gasteiger partial charge in [-0.15, -0.1) is 0 Å². The average Bonchev–Trinajstić information content (AvgIpc) is 3.24. The molecule has 30 heavy (non-hydrogen) atoms. The zero-order valence-corrected chi connectivity index (χ0v) is 16.7. The second-order valence-electron chi connectivity index (χ2n) is 6.86. The minimum Gasteiger partial charge on any atom is -0.491 e. The van der Waals surface area contributed by atoms with Crippen LogP contribution in [-0.4, -0.2) is 43.7 Å². The molecule has 3 rings (SSSR count). The number of anilines is 2. The topological polar surface area (TPSA) is 103 Å². The monoisotopic (exact) mass is 412 g/mol. The number of esters is 1. The predicted octanol–water partition coefficient (Wildman–Crippen LogP) is 3.00. The van der Waals surface area contributed by atoms with E-state index in [2.05, 4.69) is 10.6 Å². The van der Waals surface area contributed by atoms with E-state index in [-0.39, 0.29) is 12.0 Å². The molecule has 1 aliphatic heterocycles. The summed E-state index contributed by atoms with van der Waals surface area (Å²) in [5, 5.41) is 5.24. The van der Waals surface area contributed by atoms with Crippen molar-refractivity contribution in [1.82, 2.24) is 0 Å². The van der Waals surface area contributed by atoms with E-state index < -0.39 is 18.5 Å². The molecular weight excluding hydrogens is 388 g/mol. The highest BCUT2D eigenvalue weighted by Crippen LogP contribution is 2.17. The summed E-state index contributed by atoms with van der Waals surface area (Å²) in [6, 6.07) is 13.2. The van der Waals surface area contributed by atoms with Crippen molar-refractivity contribution in [3.63, 3.8) is 0 Å². The molecule has 0 unspecified atom stereocenters. The highest BCUT2D eigenvalue weighted by atomic mass is 16.5. The van der Waals surface area contributed by atoms with Crippen LogP contribution in [0.4, 0.5) is 11.4 Å². The molecule has 2 aromatic rings. The molecule has 8 heteroatoms. The van der Waals surface area contributed by atoms with Crippen LogP contribution in [0.1, 0.15) is 30.1 Å². The Bertz CT molecular complexity index is 891. The smallest absolute Gasteiger partial charge is 0.338 e. The van der Waals surface area contributed by atoms with Gasteiger partial charge < -0.3 is 24.8 Å². The van der Waals surface area contributed by atoms with E-state index in [1.165, 1.54) is 6.92 Å². The van der Waals surface area contributed by atoms with Crippen molar-refractivity contribution < 1.29 is 28.6 Å². The molecule has 8 nitrogen and oxygen atoms in total. The summed E-state index contributed by atoms with van der Waals surface area (Å²) in [5.74, 6) is -0.669. The van der Waals surface area contributed by atoms with Crippen LogP contribution in [0.5, 0.6) is 5.75 Å². The molecule has 0 aromatic heterocycles. The Hall–Kier alpha value is -3.39. The van der Waals surface area contributed by atoms with Gasteiger partial charge in [-0.25, -0.2) is 4.79 Å². The molecule has 1 aliphatic rings. The van der Waals surface area contributed by atoms with E-state index in [1.54, 1.807) is 48.5 Å². The Morgan fingerprint density at radius 2 is 1.80 bits per heavy atom. The molecule has 2 N–H and O–H groups in total. The molecule has 158 valence electrons. The number of rotatable bonds is 8. The zero-order chi connectivity index (χ0) is 21.3. The van der Waals surface area contributed by atoms with Gasteiger partial charge in [-0.1, -0.05) is 6.07 Å². The molecular formula is C22H24N2O6. The van der Waals surface area contributed by atoms with Crippen molar-refractivity contribution in [1.29, 1.82) is 0 Å². The van der Waals surface area contributed by atoms with Gasteiger partial charge in [-0.2, -0.15) is 0 Å². The lowest BCUT2D eigenvalue weighted by molar-refractivity contribution is -0.119. The van der Waals surface area contributed by atoms with Crippen molar-refractivity contribution in [2.45, 2.75) is 25.9 Å². The van der Waals surface area contributed by atoms with Crippen molar-refractivity contribution in [3.05, 3.63) is 54.1 Å². The first-order valence-electron chi connectivity index (χ1n) is 9.69. The highest BCUT2D eigenvalue weighted by Gasteiger charge is 2.16. The maximum Gasteiger partial charge on any atom is 0.338 e. The molecule has 0 aliphatic carbocycles. The highest BCUT2D eigenvalue weighted by molar-refractivity contribution is 5.96. The number of ether oxygens (including phenoxy) is 3. The van der Waals surface area contributed by atoms with Gasteiger partial charge >= 0.3 is 5.97 Å². The molecule has 2 aromatic carbocycles. The second-order valence-corrected chi connectivity index (χ2v) is 6.86. The van der Waals surface area contributed by atoms with Crippen LogP contribution >= 0.6 is 0 Å². The zero-order valence-electron chi connectivity index (χ0n) is 16.7. The van der Waals surface area contributed by atoms with Crippen LogP contribution in [0.15, 0.2) is 48.5 Å². The molecule has 0 saturated carbocycles. The van der Waals surface area contributed by atoms with Crippen LogP contribution < -0.4 is 15.4 Å². The van der Waals surface area contributed by atoms with E-state index in [0.29, 0.717) is 29.3 Å². The molecule has 0 radical (unpaired) electrons. The SMILES string of the molecule is CC(=O)Nc1cccc(NC(=O)COC(=O)c2ccc(OC[C@@H]3CCCO3)cc2)c1. The van der Waals surface area contributed by atoms with E-state index in [1.807, 2.05) is 0 Å². The standard InChI is InChI=1S/C22H24N2O6/c1-15(25)23-17-4-2-5-18(12-17)24-21(26)14-30-22(27)16-7-9-19(10-8-16)29-13-20-6-3-11-28-20/h2,4-5,7-10,12,20H,3,6,11,13-14H2,1H3,(H,23,25)(H,24,26)/t20-/m0/s1. The van der Waals surface area contributed by atoms with Crippen LogP contribution in [0.25, 0.3) is 0 Å². The van der Waals surface area contributed by atoms with Gasteiger partial charge in [0.25, 0.3) is 5.91 Å². The molecule has 0 spiro atoms. The van der Waals surface area contributed by atoms with Crippen molar-refractivity contribution in [2.75, 3.05) is 30.5 Å². The van der Waals surface area contributed by atoms with E-state index in [4.69, 9.17) is 14.2 Å². The third kappa shape index (κ3) is 6.59. The molecule has 1 heterocycles. The maximum atomic E-state index is 12.1. The Morgan fingerprint density at radius 3 is 2.47 bits per heavy atom. The Morgan fingerprint density at radius 1 is 1.07 bits per heavy atom. The Labute approximate surface area is 174 Å². The van der Waals surface area contributed by atoms with Gasteiger partial charge in [-0.05, 0) is 55.3 Å². The summed E-state index contributed by atoms with van der Waals surface area (Å²) in [7, 11) is 0. The van der Waals surface area contributed by atoms with E-state index >= 15 is 0 Å². The van der Waals surface area contributed by atoms with Gasteiger partial charge in [0.2, 0.25) is 5.91 Å². The quantitative estimate of drug-likeness (QED) is 0.646. The van der Waals surface area contributed by atoms with Gasteiger partial charge in [0, 0.05) is 24.9 Å². The molecule has 0 bridgehead atoms. The van der Waals surface area contributed by atoms with E-state index in [9.17, 15) is 14.4 Å². The minimum atomic E-state index is -0.608. The van der Waals surface area contributed by atoms with Gasteiger partial charge in [0.1, 0.15) is 12.4 Å². The first-order valence-corrected chi connectivity index (χ1v) is 9.69. The Balaban J connectivity index is 1.44. The summed E-state index contributed by atoms with van der Waals surface area (Å²) in [5.41, 5.74) is 1.36. The van der Waals surface area contributed by atoms with Gasteiger partial charge in [-0.3, -0.25) is 9.59 Å². The number of carbonyl (C=O) groups is 3. The fourth-order valence-electron chi connectivity index (χ4n) is 2.94. The lowest BCUT2D eigenvalue weighted by Crippen LogP contribution is -2.21. The number of hydrogen-bond donors (Lipinski definition) is 2. The van der Waals surface area contributed by atoms with Gasteiger partial charge in [0.15, 0.2) is 6.61 Å². The lowest BCUT2D eigenvalue weighted by Gasteiger charge is -2.11. The first-order chi connectivity index (χ1) is 14.5.